The molecule has 0 aliphatic carbocycles. The Morgan fingerprint density at radius 1 is 1.43 bits per heavy atom. The summed E-state index contributed by atoms with van der Waals surface area (Å²) in [6.07, 6.45) is 3.95. The molecule has 1 heterocycles. The van der Waals surface area contributed by atoms with Gasteiger partial charge in [-0.3, -0.25) is 0 Å². The van der Waals surface area contributed by atoms with Gasteiger partial charge in [-0.2, -0.15) is 0 Å². The standard InChI is InChI=1S/C12H26N2/c1-4-7-13-12-6-9-14(10-12)8-5-11(2)3/h11-13H,4-10H2,1-3H3. The number of rotatable bonds is 6. The van der Waals surface area contributed by atoms with Crippen LogP contribution in [0, 0.1) is 5.92 Å². The maximum Gasteiger partial charge on any atom is 0.0207 e. The van der Waals surface area contributed by atoms with Crippen LogP contribution in [0.4, 0.5) is 0 Å². The van der Waals surface area contributed by atoms with E-state index in [2.05, 4.69) is 31.0 Å². The molecule has 1 N–H and O–H groups in total. The van der Waals surface area contributed by atoms with Crippen molar-refractivity contribution in [2.45, 2.75) is 46.1 Å². The lowest BCUT2D eigenvalue weighted by molar-refractivity contribution is 0.305. The Hall–Kier alpha value is -0.0800. The number of nitrogens with zero attached hydrogens (tertiary/aromatic N) is 1. The number of hydrogen-bond acceptors (Lipinski definition) is 2. The van der Waals surface area contributed by atoms with Crippen LogP contribution < -0.4 is 5.32 Å². The predicted molar refractivity (Wildman–Crippen MR) is 62.6 cm³/mol. The highest BCUT2D eigenvalue weighted by Crippen LogP contribution is 2.11. The van der Waals surface area contributed by atoms with Crippen LogP contribution >= 0.6 is 0 Å². The summed E-state index contributed by atoms with van der Waals surface area (Å²) in [6.45, 7) is 11.9. The van der Waals surface area contributed by atoms with Gasteiger partial charge in [-0.1, -0.05) is 20.8 Å². The van der Waals surface area contributed by atoms with E-state index in [0.29, 0.717) is 0 Å². The molecular formula is C12H26N2. The van der Waals surface area contributed by atoms with E-state index in [1.807, 2.05) is 0 Å². The Morgan fingerprint density at radius 2 is 2.21 bits per heavy atom. The maximum atomic E-state index is 3.61. The molecule has 84 valence electrons. The molecule has 2 heteroatoms. The second kappa shape index (κ2) is 6.41. The Labute approximate surface area is 89.1 Å². The van der Waals surface area contributed by atoms with Gasteiger partial charge in [-0.05, 0) is 44.8 Å². The van der Waals surface area contributed by atoms with Crippen LogP contribution in [0.5, 0.6) is 0 Å². The molecular weight excluding hydrogens is 172 g/mol. The van der Waals surface area contributed by atoms with Crippen molar-refractivity contribution in [3.63, 3.8) is 0 Å². The zero-order chi connectivity index (χ0) is 10.4. The van der Waals surface area contributed by atoms with Gasteiger partial charge in [0.15, 0.2) is 0 Å². The first-order valence-corrected chi connectivity index (χ1v) is 6.18. The highest BCUT2D eigenvalue weighted by Gasteiger charge is 2.20. The highest BCUT2D eigenvalue weighted by molar-refractivity contribution is 4.80. The fraction of sp³-hybridized carbons (Fsp3) is 1.00. The molecule has 0 spiro atoms. The minimum atomic E-state index is 0.766. The molecule has 0 aromatic heterocycles. The lowest BCUT2D eigenvalue weighted by atomic mass is 10.1. The van der Waals surface area contributed by atoms with Crippen LogP contribution in [0.2, 0.25) is 0 Å². The summed E-state index contributed by atoms with van der Waals surface area (Å²) in [5, 5.41) is 3.61. The van der Waals surface area contributed by atoms with Crippen LogP contribution in [0.15, 0.2) is 0 Å². The second-order valence-corrected chi connectivity index (χ2v) is 4.92. The number of likely N-dealkylation sites (tertiary alicyclic amines) is 1. The van der Waals surface area contributed by atoms with Gasteiger partial charge in [0, 0.05) is 12.6 Å². The van der Waals surface area contributed by atoms with Gasteiger partial charge >= 0.3 is 0 Å². The maximum absolute atomic E-state index is 3.61. The third kappa shape index (κ3) is 4.43. The molecule has 0 aromatic carbocycles. The van der Waals surface area contributed by atoms with E-state index in [0.717, 1.165) is 12.0 Å². The lowest BCUT2D eigenvalue weighted by Crippen LogP contribution is -2.33. The van der Waals surface area contributed by atoms with Crippen LogP contribution in [0.3, 0.4) is 0 Å². The molecule has 2 nitrogen and oxygen atoms in total. The van der Waals surface area contributed by atoms with E-state index in [1.165, 1.54) is 45.4 Å². The SMILES string of the molecule is CCCNC1CCN(CCC(C)C)C1. The molecule has 1 aliphatic rings. The zero-order valence-electron chi connectivity index (χ0n) is 10.1. The van der Waals surface area contributed by atoms with Gasteiger partial charge in [0.25, 0.3) is 0 Å². The molecule has 1 aliphatic heterocycles. The largest absolute Gasteiger partial charge is 0.313 e. The molecule has 14 heavy (non-hydrogen) atoms. The van der Waals surface area contributed by atoms with E-state index in [1.54, 1.807) is 0 Å². The minimum Gasteiger partial charge on any atom is -0.313 e. The molecule has 0 amide bonds. The third-order valence-corrected chi connectivity index (χ3v) is 2.98. The Balaban J connectivity index is 2.08. The van der Waals surface area contributed by atoms with Crippen LogP contribution in [-0.4, -0.2) is 37.1 Å². The van der Waals surface area contributed by atoms with Gasteiger partial charge in [-0.25, -0.2) is 0 Å². The first kappa shape index (κ1) is 12.0. The summed E-state index contributed by atoms with van der Waals surface area (Å²) < 4.78 is 0. The van der Waals surface area contributed by atoms with E-state index >= 15 is 0 Å². The molecule has 0 bridgehead atoms. The van der Waals surface area contributed by atoms with Crippen LogP contribution in [0.1, 0.15) is 40.0 Å². The fourth-order valence-electron chi connectivity index (χ4n) is 1.99. The van der Waals surface area contributed by atoms with Crippen molar-refractivity contribution < 1.29 is 0 Å². The third-order valence-electron chi connectivity index (χ3n) is 2.98. The Bertz CT molecular complexity index is 145. The van der Waals surface area contributed by atoms with Gasteiger partial charge in [-0.15, -0.1) is 0 Å². The van der Waals surface area contributed by atoms with Crippen molar-refractivity contribution in [1.29, 1.82) is 0 Å². The molecule has 0 aromatic rings. The number of nitrogens with one attached hydrogen (secondary N) is 1. The van der Waals surface area contributed by atoms with Crippen molar-refractivity contribution in [3.05, 3.63) is 0 Å². The smallest absolute Gasteiger partial charge is 0.0207 e. The van der Waals surface area contributed by atoms with Crippen LogP contribution in [0.25, 0.3) is 0 Å². The van der Waals surface area contributed by atoms with E-state index in [-0.39, 0.29) is 0 Å². The van der Waals surface area contributed by atoms with Gasteiger partial charge in [0.05, 0.1) is 0 Å². The Kier molecular flexibility index (Phi) is 5.49. The molecule has 1 rings (SSSR count). The first-order valence-electron chi connectivity index (χ1n) is 6.18. The zero-order valence-corrected chi connectivity index (χ0v) is 10.1. The van der Waals surface area contributed by atoms with E-state index in [9.17, 15) is 0 Å². The van der Waals surface area contributed by atoms with Crippen molar-refractivity contribution in [2.75, 3.05) is 26.2 Å². The fourth-order valence-corrected chi connectivity index (χ4v) is 1.99. The minimum absolute atomic E-state index is 0.766. The van der Waals surface area contributed by atoms with Crippen molar-refractivity contribution >= 4 is 0 Å². The molecule has 0 radical (unpaired) electrons. The summed E-state index contributed by atoms with van der Waals surface area (Å²) in [6, 6.07) is 0.766. The summed E-state index contributed by atoms with van der Waals surface area (Å²) >= 11 is 0. The van der Waals surface area contributed by atoms with Crippen molar-refractivity contribution in [3.8, 4) is 0 Å². The Morgan fingerprint density at radius 3 is 2.86 bits per heavy atom. The predicted octanol–water partition coefficient (Wildman–Crippen LogP) is 2.11. The average molecular weight is 198 g/mol. The topological polar surface area (TPSA) is 15.3 Å². The normalized spacial score (nSPS) is 23.6. The van der Waals surface area contributed by atoms with Crippen molar-refractivity contribution in [1.82, 2.24) is 10.2 Å². The molecule has 1 atom stereocenters. The summed E-state index contributed by atoms with van der Waals surface area (Å²) in [4.78, 5) is 2.60. The number of hydrogen-bond donors (Lipinski definition) is 1. The van der Waals surface area contributed by atoms with Crippen LogP contribution in [-0.2, 0) is 0 Å². The summed E-state index contributed by atoms with van der Waals surface area (Å²) in [5.74, 6) is 0.845. The van der Waals surface area contributed by atoms with Gasteiger partial charge in [0.2, 0.25) is 0 Å². The summed E-state index contributed by atoms with van der Waals surface area (Å²) in [7, 11) is 0. The van der Waals surface area contributed by atoms with Gasteiger partial charge < -0.3 is 10.2 Å². The van der Waals surface area contributed by atoms with Crippen molar-refractivity contribution in [2.24, 2.45) is 5.92 Å². The van der Waals surface area contributed by atoms with E-state index in [4.69, 9.17) is 0 Å². The van der Waals surface area contributed by atoms with E-state index < -0.39 is 0 Å². The quantitative estimate of drug-likeness (QED) is 0.703. The summed E-state index contributed by atoms with van der Waals surface area (Å²) in [5.41, 5.74) is 0. The van der Waals surface area contributed by atoms with Gasteiger partial charge in [0.1, 0.15) is 0 Å². The molecule has 0 saturated carbocycles. The molecule has 1 fully saturated rings. The highest BCUT2D eigenvalue weighted by atomic mass is 15.2. The molecule has 1 unspecified atom stereocenters. The average Bonchev–Trinajstić information content (AvgIpc) is 2.59. The second-order valence-electron chi connectivity index (χ2n) is 4.92. The molecule has 1 saturated heterocycles. The first-order chi connectivity index (χ1) is 6.72. The lowest BCUT2D eigenvalue weighted by Gasteiger charge is -2.17. The monoisotopic (exact) mass is 198 g/mol.